The molecule has 0 heterocycles. The highest BCUT2D eigenvalue weighted by atomic mass is 19.1. The van der Waals surface area contributed by atoms with E-state index in [0.717, 1.165) is 25.1 Å². The highest BCUT2D eigenvalue weighted by molar-refractivity contribution is 5.26. The van der Waals surface area contributed by atoms with Gasteiger partial charge in [-0.05, 0) is 43.6 Å². The van der Waals surface area contributed by atoms with Gasteiger partial charge in [0.1, 0.15) is 5.82 Å². The fourth-order valence-electron chi connectivity index (χ4n) is 2.19. The Morgan fingerprint density at radius 1 is 1.35 bits per heavy atom. The first-order chi connectivity index (χ1) is 8.13. The third-order valence-corrected chi connectivity index (χ3v) is 3.15. The van der Waals surface area contributed by atoms with Crippen LogP contribution in [0.5, 0.6) is 0 Å². The number of hydrogen-bond acceptors (Lipinski definition) is 2. The first-order valence-corrected chi connectivity index (χ1v) is 6.34. The van der Waals surface area contributed by atoms with Crippen molar-refractivity contribution < 1.29 is 4.39 Å². The average Bonchev–Trinajstić information content (AvgIpc) is 2.33. The van der Waals surface area contributed by atoms with Crippen molar-refractivity contribution in [3.05, 3.63) is 35.1 Å². The number of halogens is 1. The predicted octanol–water partition coefficient (Wildman–Crippen LogP) is 2.87. The smallest absolute Gasteiger partial charge is 0.126 e. The number of nitrogens with two attached hydrogens (primary N) is 1. The Hall–Kier alpha value is -0.930. The molecule has 0 amide bonds. The van der Waals surface area contributed by atoms with E-state index >= 15 is 0 Å². The molecular formula is C14H23FN2. The number of nitrogens with zero attached hydrogens (tertiary/aromatic N) is 1. The van der Waals surface area contributed by atoms with Crippen LogP contribution in [0.1, 0.15) is 37.4 Å². The van der Waals surface area contributed by atoms with Crippen LogP contribution in [0.3, 0.4) is 0 Å². The summed E-state index contributed by atoms with van der Waals surface area (Å²) >= 11 is 0. The fourth-order valence-corrected chi connectivity index (χ4v) is 2.19. The van der Waals surface area contributed by atoms with Crippen LogP contribution >= 0.6 is 0 Å². The molecule has 0 aliphatic rings. The molecule has 1 aromatic rings. The highest BCUT2D eigenvalue weighted by Crippen LogP contribution is 2.21. The zero-order chi connectivity index (χ0) is 12.8. The van der Waals surface area contributed by atoms with Crippen molar-refractivity contribution in [2.45, 2.75) is 33.2 Å². The number of likely N-dealkylation sites (N-methyl/N-ethyl adjacent to an activating group) is 1. The summed E-state index contributed by atoms with van der Waals surface area (Å²) in [5, 5.41) is 0. The molecule has 2 N–H and O–H groups in total. The Balaban J connectivity index is 2.95. The number of hydrogen-bond donors (Lipinski definition) is 1. The Labute approximate surface area is 104 Å². The molecule has 1 aromatic carbocycles. The van der Waals surface area contributed by atoms with E-state index in [1.807, 2.05) is 12.1 Å². The van der Waals surface area contributed by atoms with E-state index in [1.54, 1.807) is 6.92 Å². The molecule has 2 nitrogen and oxygen atoms in total. The molecule has 17 heavy (non-hydrogen) atoms. The Morgan fingerprint density at radius 2 is 2.06 bits per heavy atom. The summed E-state index contributed by atoms with van der Waals surface area (Å²) in [7, 11) is 0. The molecule has 0 bridgehead atoms. The minimum Gasteiger partial charge on any atom is -0.329 e. The number of benzene rings is 1. The van der Waals surface area contributed by atoms with Crippen molar-refractivity contribution in [1.82, 2.24) is 4.90 Å². The van der Waals surface area contributed by atoms with Gasteiger partial charge in [-0.15, -0.1) is 0 Å². The van der Waals surface area contributed by atoms with Crippen LogP contribution < -0.4 is 5.73 Å². The lowest BCUT2D eigenvalue weighted by Gasteiger charge is -2.30. The molecule has 0 aromatic heterocycles. The van der Waals surface area contributed by atoms with Crippen LogP contribution in [0.4, 0.5) is 4.39 Å². The molecule has 0 saturated heterocycles. The molecule has 1 unspecified atom stereocenters. The van der Waals surface area contributed by atoms with Crippen LogP contribution in [-0.4, -0.2) is 24.5 Å². The molecule has 1 rings (SSSR count). The van der Waals surface area contributed by atoms with Crippen molar-refractivity contribution in [2.24, 2.45) is 5.73 Å². The maximum Gasteiger partial charge on any atom is 0.126 e. The summed E-state index contributed by atoms with van der Waals surface area (Å²) in [5.41, 5.74) is 7.67. The highest BCUT2D eigenvalue weighted by Gasteiger charge is 2.17. The summed E-state index contributed by atoms with van der Waals surface area (Å²) in [6, 6.07) is 5.48. The van der Waals surface area contributed by atoms with Crippen molar-refractivity contribution in [3.63, 3.8) is 0 Å². The minimum absolute atomic E-state index is 0.150. The zero-order valence-electron chi connectivity index (χ0n) is 11.0. The number of aryl methyl sites for hydroxylation is 1. The van der Waals surface area contributed by atoms with E-state index < -0.39 is 0 Å². The quantitative estimate of drug-likeness (QED) is 0.825. The maximum absolute atomic E-state index is 13.3. The monoisotopic (exact) mass is 238 g/mol. The van der Waals surface area contributed by atoms with E-state index in [1.165, 1.54) is 6.07 Å². The lowest BCUT2D eigenvalue weighted by atomic mass is 10.0. The topological polar surface area (TPSA) is 29.3 Å². The van der Waals surface area contributed by atoms with Gasteiger partial charge in [0.05, 0.1) is 0 Å². The van der Waals surface area contributed by atoms with Crippen LogP contribution in [-0.2, 0) is 0 Å². The van der Waals surface area contributed by atoms with Gasteiger partial charge in [-0.3, -0.25) is 4.90 Å². The lowest BCUT2D eigenvalue weighted by molar-refractivity contribution is 0.212. The fraction of sp³-hybridized carbons (Fsp3) is 0.571. The lowest BCUT2D eigenvalue weighted by Crippen LogP contribution is -2.34. The average molecular weight is 238 g/mol. The minimum atomic E-state index is -0.150. The van der Waals surface area contributed by atoms with Gasteiger partial charge in [0.25, 0.3) is 0 Å². The maximum atomic E-state index is 13.3. The normalized spacial score (nSPS) is 13.1. The summed E-state index contributed by atoms with van der Waals surface area (Å²) in [6.07, 6.45) is 1.10. The van der Waals surface area contributed by atoms with E-state index in [4.69, 9.17) is 5.73 Å². The van der Waals surface area contributed by atoms with Crippen molar-refractivity contribution in [3.8, 4) is 0 Å². The molecule has 1 atom stereocenters. The van der Waals surface area contributed by atoms with Gasteiger partial charge in [-0.2, -0.15) is 0 Å². The largest absolute Gasteiger partial charge is 0.329 e. The molecule has 3 heteroatoms. The van der Waals surface area contributed by atoms with Crippen LogP contribution in [0.15, 0.2) is 18.2 Å². The molecule has 0 aliphatic heterocycles. The van der Waals surface area contributed by atoms with Gasteiger partial charge < -0.3 is 5.73 Å². The third kappa shape index (κ3) is 3.51. The first kappa shape index (κ1) is 14.1. The summed E-state index contributed by atoms with van der Waals surface area (Å²) < 4.78 is 13.3. The second kappa shape index (κ2) is 6.72. The third-order valence-electron chi connectivity index (χ3n) is 3.15. The van der Waals surface area contributed by atoms with Crippen LogP contribution in [0, 0.1) is 12.7 Å². The van der Waals surface area contributed by atoms with E-state index in [0.29, 0.717) is 12.1 Å². The molecular weight excluding hydrogens is 215 g/mol. The summed E-state index contributed by atoms with van der Waals surface area (Å²) in [6.45, 7) is 8.64. The molecule has 0 aliphatic carbocycles. The van der Waals surface area contributed by atoms with Crippen molar-refractivity contribution in [1.29, 1.82) is 0 Å². The Kier molecular flexibility index (Phi) is 5.59. The van der Waals surface area contributed by atoms with Gasteiger partial charge in [0.15, 0.2) is 0 Å². The van der Waals surface area contributed by atoms with E-state index in [-0.39, 0.29) is 11.9 Å². The second-order valence-electron chi connectivity index (χ2n) is 4.39. The van der Waals surface area contributed by atoms with Gasteiger partial charge in [0, 0.05) is 12.6 Å². The number of rotatable bonds is 6. The van der Waals surface area contributed by atoms with Gasteiger partial charge in [-0.25, -0.2) is 4.39 Å². The standard InChI is InChI=1S/C14H23FN2/c1-4-8-17(5-2)14(10-16)12-6-7-13(15)11(3)9-12/h6-7,9,14H,4-5,8,10,16H2,1-3H3. The van der Waals surface area contributed by atoms with E-state index in [2.05, 4.69) is 18.7 Å². The summed E-state index contributed by atoms with van der Waals surface area (Å²) in [4.78, 5) is 2.34. The van der Waals surface area contributed by atoms with Gasteiger partial charge >= 0.3 is 0 Å². The van der Waals surface area contributed by atoms with Crippen molar-refractivity contribution in [2.75, 3.05) is 19.6 Å². The zero-order valence-corrected chi connectivity index (χ0v) is 11.0. The molecule has 0 saturated carbocycles. The van der Waals surface area contributed by atoms with Gasteiger partial charge in [0.2, 0.25) is 0 Å². The van der Waals surface area contributed by atoms with Crippen LogP contribution in [0.2, 0.25) is 0 Å². The predicted molar refractivity (Wildman–Crippen MR) is 70.5 cm³/mol. The second-order valence-corrected chi connectivity index (χ2v) is 4.39. The first-order valence-electron chi connectivity index (χ1n) is 6.34. The Morgan fingerprint density at radius 3 is 2.53 bits per heavy atom. The molecule has 0 fully saturated rings. The molecule has 0 spiro atoms. The van der Waals surface area contributed by atoms with Crippen LogP contribution in [0.25, 0.3) is 0 Å². The van der Waals surface area contributed by atoms with E-state index in [9.17, 15) is 4.39 Å². The summed E-state index contributed by atoms with van der Waals surface area (Å²) in [5.74, 6) is -0.150. The van der Waals surface area contributed by atoms with Crippen molar-refractivity contribution >= 4 is 0 Å². The molecule has 0 radical (unpaired) electrons. The Bertz CT molecular complexity index is 352. The van der Waals surface area contributed by atoms with Gasteiger partial charge in [-0.1, -0.05) is 26.0 Å². The molecule has 96 valence electrons. The SMILES string of the molecule is CCCN(CC)C(CN)c1ccc(F)c(C)c1.